The van der Waals surface area contributed by atoms with Crippen LogP contribution in [0.2, 0.25) is 0 Å². The summed E-state index contributed by atoms with van der Waals surface area (Å²) in [6, 6.07) is 36.2. The molecule has 5 unspecified atom stereocenters. The highest BCUT2D eigenvalue weighted by molar-refractivity contribution is 5.94. The Labute approximate surface area is 388 Å². The van der Waals surface area contributed by atoms with Gasteiger partial charge < -0.3 is 21.8 Å². The van der Waals surface area contributed by atoms with E-state index in [1.807, 2.05) is 32.1 Å². The molecule has 4 aromatic carbocycles. The van der Waals surface area contributed by atoms with Gasteiger partial charge in [-0.3, -0.25) is 0 Å². The Balaban J connectivity index is 0.000000144. The van der Waals surface area contributed by atoms with Gasteiger partial charge in [-0.1, -0.05) is 204 Å². The number of hydrogen-bond donors (Lipinski definition) is 3. The van der Waals surface area contributed by atoms with Crippen LogP contribution in [0.1, 0.15) is 55.5 Å². The van der Waals surface area contributed by atoms with E-state index in [1.54, 1.807) is 6.20 Å². The molecule has 0 amide bonds. The van der Waals surface area contributed by atoms with E-state index in [2.05, 4.69) is 202 Å². The van der Waals surface area contributed by atoms with Crippen LogP contribution < -0.4 is 11.5 Å². The molecule has 5 atom stereocenters. The maximum absolute atomic E-state index is 7.32. The smallest absolute Gasteiger partial charge is 0.0658 e. The van der Waals surface area contributed by atoms with Gasteiger partial charge in [0.1, 0.15) is 0 Å². The zero-order valence-electron chi connectivity index (χ0n) is 38.7. The zero-order valence-corrected chi connectivity index (χ0v) is 38.7. The fraction of sp³-hybridized carbons (Fsp3) is 0.197. The van der Waals surface area contributed by atoms with Crippen LogP contribution in [0.15, 0.2) is 229 Å². The minimum atomic E-state index is 0.283. The molecule has 4 aromatic rings. The monoisotopic (exact) mass is 853 g/mol. The second-order valence-electron chi connectivity index (χ2n) is 16.9. The van der Waals surface area contributed by atoms with Crippen molar-refractivity contribution in [3.8, 4) is 11.1 Å². The van der Waals surface area contributed by atoms with Crippen LogP contribution in [0.3, 0.4) is 0 Å². The lowest BCUT2D eigenvalue weighted by molar-refractivity contribution is 0.220. The maximum Gasteiger partial charge on any atom is 0.0658 e. The largest absolute Gasteiger partial charge is 0.405 e. The van der Waals surface area contributed by atoms with E-state index in [-0.39, 0.29) is 6.04 Å². The Hall–Kier alpha value is -7.01. The van der Waals surface area contributed by atoms with Gasteiger partial charge in [0.25, 0.3) is 0 Å². The number of nitrogens with one attached hydrogen (secondary N) is 1. The topological polar surface area (TPSA) is 79.1 Å². The molecular weight excluding hydrogens is 789 g/mol. The molecule has 0 bridgehead atoms. The summed E-state index contributed by atoms with van der Waals surface area (Å²) in [4.78, 5) is 2.25. The fourth-order valence-corrected chi connectivity index (χ4v) is 10.0. The van der Waals surface area contributed by atoms with Crippen LogP contribution in [0.5, 0.6) is 0 Å². The number of hydrogen-bond acceptors (Lipinski definition) is 4. The summed E-state index contributed by atoms with van der Waals surface area (Å²) in [6.07, 6.45) is 34.5. The molecule has 4 nitrogen and oxygen atoms in total. The number of benzene rings is 4. The second-order valence-corrected chi connectivity index (χ2v) is 16.9. The summed E-state index contributed by atoms with van der Waals surface area (Å²) in [6.45, 7) is 15.5. The normalized spacial score (nSPS) is 23.7. The van der Waals surface area contributed by atoms with Crippen LogP contribution in [-0.4, -0.2) is 23.8 Å². The highest BCUT2D eigenvalue weighted by atomic mass is 15.2. The van der Waals surface area contributed by atoms with Gasteiger partial charge in [-0.15, -0.1) is 0 Å². The Morgan fingerprint density at radius 3 is 2.22 bits per heavy atom. The molecule has 6 aliphatic rings. The number of nitrogens with zero attached hydrogens (tertiary/aromatic N) is 1. The van der Waals surface area contributed by atoms with Crippen molar-refractivity contribution >= 4 is 22.9 Å². The number of fused-ring (bicyclic) bond motifs is 7. The fourth-order valence-electron chi connectivity index (χ4n) is 10.0. The van der Waals surface area contributed by atoms with Gasteiger partial charge in [0.05, 0.1) is 12.7 Å². The van der Waals surface area contributed by atoms with Gasteiger partial charge in [0.2, 0.25) is 0 Å². The lowest BCUT2D eigenvalue weighted by atomic mass is 9.69. The van der Waals surface area contributed by atoms with Crippen molar-refractivity contribution in [3.63, 3.8) is 0 Å². The van der Waals surface area contributed by atoms with Gasteiger partial charge in [0.15, 0.2) is 0 Å². The highest BCUT2D eigenvalue weighted by Gasteiger charge is 2.38. The molecule has 4 heteroatoms. The van der Waals surface area contributed by atoms with Gasteiger partial charge in [-0.2, -0.15) is 0 Å². The third-order valence-electron chi connectivity index (χ3n) is 13.2. The van der Waals surface area contributed by atoms with Crippen LogP contribution in [0.4, 0.5) is 0 Å². The summed E-state index contributed by atoms with van der Waals surface area (Å²) in [5.41, 5.74) is 31.1. The number of allylic oxidation sites excluding steroid dienone is 18. The van der Waals surface area contributed by atoms with E-state index >= 15 is 0 Å². The molecule has 1 heterocycles. The van der Waals surface area contributed by atoms with Gasteiger partial charge in [-0.05, 0) is 128 Å². The Bertz CT molecular complexity index is 2720. The molecule has 328 valence electrons. The van der Waals surface area contributed by atoms with E-state index in [0.29, 0.717) is 30.3 Å². The van der Waals surface area contributed by atoms with E-state index in [1.165, 1.54) is 84.2 Å². The first-order valence-electron chi connectivity index (χ1n) is 23.1. The van der Waals surface area contributed by atoms with Crippen molar-refractivity contribution in [2.45, 2.75) is 47.1 Å². The van der Waals surface area contributed by atoms with E-state index in [4.69, 9.17) is 16.9 Å². The molecule has 5 aliphatic carbocycles. The molecule has 10 rings (SSSR count). The first-order valence-corrected chi connectivity index (χ1v) is 23.1. The summed E-state index contributed by atoms with van der Waals surface area (Å²) in [5.74, 6) is 1.70. The Morgan fingerprint density at radius 1 is 0.785 bits per heavy atom. The zero-order chi connectivity index (χ0) is 45.9. The van der Waals surface area contributed by atoms with Crippen molar-refractivity contribution in [1.82, 2.24) is 4.90 Å². The predicted molar refractivity (Wildman–Crippen MR) is 279 cm³/mol. The standard InChI is InChI=1S/C23H19N.C19H24N2.C17H15N.C2H6/c24-16-15-20(18-9-5-2-6-10-18)22-14-13-21-19(11-12-23(21)22)17-7-3-1-4-8-17;1-13-9-10-14(2)17-8-5-11-21(12-20)19(17)18-15(3)6-4-7-16(13)18;1-12-5-4-8-16-15-7-3-2-6-14(15)13(9-10-18)11-17(12)16;1-2/h1-16,23H,24H2;4-11,13,15,18-19H,2,12,20H2,1,3H3;2-10,18H,11H2,1H3;1-2H3/b16-15-,22-20+;10-9-;13-9+,18-10?;. The summed E-state index contributed by atoms with van der Waals surface area (Å²) < 4.78 is 0. The van der Waals surface area contributed by atoms with Crippen LogP contribution >= 0.6 is 0 Å². The summed E-state index contributed by atoms with van der Waals surface area (Å²) in [5, 5.41) is 7.32. The average molecular weight is 853 g/mol. The van der Waals surface area contributed by atoms with Crippen LogP contribution in [0, 0.1) is 36.0 Å². The second kappa shape index (κ2) is 21.6. The van der Waals surface area contributed by atoms with Crippen molar-refractivity contribution in [2.24, 2.45) is 35.1 Å². The highest BCUT2D eigenvalue weighted by Crippen LogP contribution is 2.46. The van der Waals surface area contributed by atoms with Crippen LogP contribution in [0.25, 0.3) is 27.8 Å². The molecule has 0 saturated heterocycles. The Morgan fingerprint density at radius 2 is 1.49 bits per heavy atom. The lowest BCUT2D eigenvalue weighted by Crippen LogP contribution is -2.47. The molecule has 0 spiro atoms. The van der Waals surface area contributed by atoms with Gasteiger partial charge in [-0.25, -0.2) is 0 Å². The third-order valence-corrected chi connectivity index (χ3v) is 13.2. The predicted octanol–water partition coefficient (Wildman–Crippen LogP) is 13.9. The van der Waals surface area contributed by atoms with Crippen molar-refractivity contribution in [3.05, 3.63) is 257 Å². The molecule has 0 radical (unpaired) electrons. The maximum atomic E-state index is 7.32. The van der Waals surface area contributed by atoms with Crippen LogP contribution in [-0.2, 0) is 6.42 Å². The first kappa shape index (κ1) is 46.0. The third kappa shape index (κ3) is 9.74. The van der Waals surface area contributed by atoms with Gasteiger partial charge in [0, 0.05) is 24.3 Å². The molecule has 0 saturated carbocycles. The van der Waals surface area contributed by atoms with Crippen molar-refractivity contribution in [1.29, 1.82) is 5.41 Å². The number of rotatable bonds is 5. The number of aryl methyl sites for hydroxylation is 1. The van der Waals surface area contributed by atoms with Crippen molar-refractivity contribution in [2.75, 3.05) is 6.67 Å². The van der Waals surface area contributed by atoms with E-state index in [0.717, 1.165) is 12.0 Å². The minimum Gasteiger partial charge on any atom is -0.405 e. The van der Waals surface area contributed by atoms with E-state index in [9.17, 15) is 0 Å². The number of nitrogens with two attached hydrogens (primary N) is 2. The quantitative estimate of drug-likeness (QED) is 0.175. The minimum absolute atomic E-state index is 0.283. The molecule has 65 heavy (non-hydrogen) atoms. The molecule has 0 fully saturated rings. The SMILES string of the molecule is C=C1/C=C\C(C)C2=CC=CC(C)C2C2C1=CC=CN2CN.CC.Cc1cccc2c1C/C(=C\C=N)c1ccccc1-2.N/C=C\C(=C1\C=CC2=C(c3ccccc3)C=CC21)c1ccccc1. The molecule has 0 aromatic heterocycles. The molecule has 1 aliphatic heterocycles. The summed E-state index contributed by atoms with van der Waals surface area (Å²) in [7, 11) is 0. The Kier molecular flexibility index (Phi) is 15.3. The molecular formula is C61H64N4. The van der Waals surface area contributed by atoms with E-state index < -0.39 is 0 Å². The lowest BCUT2D eigenvalue weighted by Gasteiger charge is -2.45. The van der Waals surface area contributed by atoms with Gasteiger partial charge >= 0.3 is 0 Å². The first-order chi connectivity index (χ1) is 31.8. The van der Waals surface area contributed by atoms with Crippen molar-refractivity contribution < 1.29 is 0 Å². The summed E-state index contributed by atoms with van der Waals surface area (Å²) >= 11 is 0. The average Bonchev–Trinajstić information content (AvgIpc) is 3.97. The molecule has 5 N–H and O–H groups in total.